The van der Waals surface area contributed by atoms with E-state index in [0.29, 0.717) is 0 Å². The molecule has 2 aliphatic heterocycles. The van der Waals surface area contributed by atoms with Gasteiger partial charge in [-0.05, 0) is 43.5 Å². The number of nitrogens with one attached hydrogen (secondary N) is 1. The van der Waals surface area contributed by atoms with Gasteiger partial charge in [0.2, 0.25) is 0 Å². The standard InChI is InChI=1S/C24H31N5/c1-2-3-13-29-14-9-22-23(27-18-26-22)24(29)10-15-28(16-11-24)17-19-8-12-25-21-7-5-4-6-20(19)21/h4-8,12,18H,2-3,9-11,13-17H2,1H3,(H,26,27). The van der Waals surface area contributed by atoms with Crippen molar-refractivity contribution in [2.45, 2.75) is 51.1 Å². The molecule has 1 N–H and O–H groups in total. The van der Waals surface area contributed by atoms with Crippen molar-refractivity contribution in [3.05, 3.63) is 59.8 Å². The van der Waals surface area contributed by atoms with Crippen LogP contribution in [-0.4, -0.2) is 50.9 Å². The lowest BCUT2D eigenvalue weighted by atomic mass is 9.78. The number of likely N-dealkylation sites (tertiary alicyclic amines) is 1. The van der Waals surface area contributed by atoms with Crippen molar-refractivity contribution in [3.63, 3.8) is 0 Å². The van der Waals surface area contributed by atoms with Gasteiger partial charge in [0.25, 0.3) is 0 Å². The molecule has 0 amide bonds. The maximum absolute atomic E-state index is 4.82. The highest BCUT2D eigenvalue weighted by atomic mass is 15.3. The molecule has 2 aromatic heterocycles. The first-order chi connectivity index (χ1) is 14.3. The second-order valence-electron chi connectivity index (χ2n) is 8.62. The molecule has 1 spiro atoms. The molecular formula is C24H31N5. The number of nitrogens with zero attached hydrogens (tertiary/aromatic N) is 4. The van der Waals surface area contributed by atoms with E-state index in [0.717, 1.165) is 51.0 Å². The average molecular weight is 390 g/mol. The van der Waals surface area contributed by atoms with Gasteiger partial charge in [0.15, 0.2) is 0 Å². The van der Waals surface area contributed by atoms with E-state index in [2.05, 4.69) is 57.0 Å². The number of H-pyrrole nitrogens is 1. The zero-order chi connectivity index (χ0) is 19.7. The van der Waals surface area contributed by atoms with E-state index in [9.17, 15) is 0 Å². The Hall–Kier alpha value is -2.24. The minimum atomic E-state index is 0.125. The fraction of sp³-hybridized carbons (Fsp3) is 0.500. The van der Waals surface area contributed by atoms with Gasteiger partial charge in [-0.25, -0.2) is 4.98 Å². The Balaban J connectivity index is 1.36. The zero-order valence-electron chi connectivity index (χ0n) is 17.4. The molecule has 1 saturated heterocycles. The van der Waals surface area contributed by atoms with E-state index < -0.39 is 0 Å². The summed E-state index contributed by atoms with van der Waals surface area (Å²) in [4.78, 5) is 18.1. The van der Waals surface area contributed by atoms with Crippen LogP contribution in [0, 0.1) is 0 Å². The Morgan fingerprint density at radius 3 is 2.79 bits per heavy atom. The first kappa shape index (κ1) is 18.8. The summed E-state index contributed by atoms with van der Waals surface area (Å²) in [6.45, 7) is 7.87. The number of unbranched alkanes of at least 4 members (excludes halogenated alkanes) is 1. The third-order valence-corrected chi connectivity index (χ3v) is 6.99. The number of benzene rings is 1. The lowest BCUT2D eigenvalue weighted by Gasteiger charge is -2.50. The molecule has 2 aliphatic rings. The van der Waals surface area contributed by atoms with Crippen LogP contribution in [-0.2, 0) is 18.5 Å². The van der Waals surface area contributed by atoms with E-state index in [1.54, 1.807) is 0 Å². The monoisotopic (exact) mass is 389 g/mol. The number of piperidine rings is 1. The Morgan fingerprint density at radius 2 is 1.93 bits per heavy atom. The first-order valence-electron chi connectivity index (χ1n) is 11.1. The Morgan fingerprint density at radius 1 is 1.07 bits per heavy atom. The van der Waals surface area contributed by atoms with E-state index in [-0.39, 0.29) is 5.54 Å². The van der Waals surface area contributed by atoms with E-state index in [1.165, 1.54) is 41.7 Å². The number of aromatic nitrogens is 3. The molecule has 0 radical (unpaired) electrons. The maximum Gasteiger partial charge on any atom is 0.0926 e. The predicted molar refractivity (Wildman–Crippen MR) is 117 cm³/mol. The summed E-state index contributed by atoms with van der Waals surface area (Å²) in [5.74, 6) is 0. The highest BCUT2D eigenvalue weighted by Crippen LogP contribution is 2.42. The second-order valence-corrected chi connectivity index (χ2v) is 8.62. The zero-order valence-corrected chi connectivity index (χ0v) is 17.4. The van der Waals surface area contributed by atoms with Gasteiger partial charge in [0.1, 0.15) is 0 Å². The van der Waals surface area contributed by atoms with Gasteiger partial charge in [-0.15, -0.1) is 0 Å². The summed E-state index contributed by atoms with van der Waals surface area (Å²) in [5, 5.41) is 1.28. The van der Waals surface area contributed by atoms with Crippen molar-refractivity contribution in [3.8, 4) is 0 Å². The maximum atomic E-state index is 4.82. The molecule has 0 saturated carbocycles. The summed E-state index contributed by atoms with van der Waals surface area (Å²) in [6.07, 6.45) is 9.82. The fourth-order valence-corrected chi connectivity index (χ4v) is 5.37. The summed E-state index contributed by atoms with van der Waals surface area (Å²) in [7, 11) is 0. The smallest absolute Gasteiger partial charge is 0.0926 e. The lowest BCUT2D eigenvalue weighted by Crippen LogP contribution is -2.56. The largest absolute Gasteiger partial charge is 0.348 e. The highest BCUT2D eigenvalue weighted by molar-refractivity contribution is 5.81. The SMILES string of the molecule is CCCCN1CCc2[nH]cnc2C12CCN(Cc1ccnc3ccccc13)CC2. The molecule has 0 unspecified atom stereocenters. The molecule has 152 valence electrons. The molecule has 5 heteroatoms. The lowest BCUT2D eigenvalue weighted by molar-refractivity contribution is 0.00274. The van der Waals surface area contributed by atoms with Gasteiger partial charge < -0.3 is 4.98 Å². The normalized spacial score (nSPS) is 19.6. The highest BCUT2D eigenvalue weighted by Gasteiger charge is 2.46. The summed E-state index contributed by atoms with van der Waals surface area (Å²) >= 11 is 0. The minimum Gasteiger partial charge on any atom is -0.348 e. The molecular weight excluding hydrogens is 358 g/mol. The van der Waals surface area contributed by atoms with Crippen molar-refractivity contribution >= 4 is 10.9 Å². The van der Waals surface area contributed by atoms with Crippen molar-refractivity contribution < 1.29 is 0 Å². The van der Waals surface area contributed by atoms with E-state index in [1.807, 2.05) is 12.5 Å². The van der Waals surface area contributed by atoms with Crippen molar-refractivity contribution in [1.29, 1.82) is 0 Å². The quantitative estimate of drug-likeness (QED) is 0.713. The van der Waals surface area contributed by atoms with Gasteiger partial charge in [0, 0.05) is 49.9 Å². The topological polar surface area (TPSA) is 48.1 Å². The summed E-state index contributed by atoms with van der Waals surface area (Å²) in [6, 6.07) is 10.7. The van der Waals surface area contributed by atoms with E-state index in [4.69, 9.17) is 4.98 Å². The number of hydrogen-bond acceptors (Lipinski definition) is 4. The number of rotatable bonds is 5. The molecule has 1 fully saturated rings. The van der Waals surface area contributed by atoms with Crippen LogP contribution in [0.3, 0.4) is 0 Å². The van der Waals surface area contributed by atoms with Gasteiger partial charge in [-0.2, -0.15) is 0 Å². The van der Waals surface area contributed by atoms with Crippen LogP contribution in [0.2, 0.25) is 0 Å². The fourth-order valence-electron chi connectivity index (χ4n) is 5.37. The molecule has 0 aliphatic carbocycles. The number of aromatic amines is 1. The third kappa shape index (κ3) is 3.36. The number of hydrogen-bond donors (Lipinski definition) is 1. The Kier molecular flexibility index (Phi) is 5.10. The number of imidazole rings is 1. The summed E-state index contributed by atoms with van der Waals surface area (Å²) in [5.41, 5.74) is 5.30. The molecule has 5 nitrogen and oxygen atoms in total. The molecule has 4 heterocycles. The molecule has 0 bridgehead atoms. The van der Waals surface area contributed by atoms with Crippen LogP contribution in [0.5, 0.6) is 0 Å². The van der Waals surface area contributed by atoms with Gasteiger partial charge in [-0.1, -0.05) is 31.5 Å². The van der Waals surface area contributed by atoms with Crippen molar-refractivity contribution in [2.75, 3.05) is 26.2 Å². The number of pyridine rings is 1. The predicted octanol–water partition coefficient (Wildman–Crippen LogP) is 4.11. The minimum absolute atomic E-state index is 0.125. The number of fused-ring (bicyclic) bond motifs is 3. The van der Waals surface area contributed by atoms with Gasteiger partial charge in [-0.3, -0.25) is 14.8 Å². The molecule has 5 rings (SSSR count). The Labute approximate surface area is 173 Å². The van der Waals surface area contributed by atoms with Crippen LogP contribution >= 0.6 is 0 Å². The van der Waals surface area contributed by atoms with Crippen LogP contribution in [0.15, 0.2) is 42.9 Å². The van der Waals surface area contributed by atoms with E-state index >= 15 is 0 Å². The summed E-state index contributed by atoms with van der Waals surface area (Å²) < 4.78 is 0. The van der Waals surface area contributed by atoms with Crippen LogP contribution in [0.25, 0.3) is 10.9 Å². The Bertz CT molecular complexity index is 965. The van der Waals surface area contributed by atoms with Crippen molar-refractivity contribution in [1.82, 2.24) is 24.8 Å². The molecule has 3 aromatic rings. The third-order valence-electron chi connectivity index (χ3n) is 6.99. The van der Waals surface area contributed by atoms with Crippen molar-refractivity contribution in [2.24, 2.45) is 0 Å². The first-order valence-corrected chi connectivity index (χ1v) is 11.1. The number of para-hydroxylation sites is 1. The molecule has 0 atom stereocenters. The molecule has 1 aromatic carbocycles. The van der Waals surface area contributed by atoms with Crippen LogP contribution in [0.1, 0.15) is 49.6 Å². The average Bonchev–Trinajstić information content (AvgIpc) is 3.25. The second kappa shape index (κ2) is 7.88. The van der Waals surface area contributed by atoms with Crippen LogP contribution in [0.4, 0.5) is 0 Å². The molecule has 29 heavy (non-hydrogen) atoms. The van der Waals surface area contributed by atoms with Crippen LogP contribution < -0.4 is 0 Å². The van der Waals surface area contributed by atoms with Gasteiger partial charge in [0.05, 0.1) is 23.1 Å². The van der Waals surface area contributed by atoms with Gasteiger partial charge >= 0.3 is 0 Å².